The predicted octanol–water partition coefficient (Wildman–Crippen LogP) is 1.28. The molecule has 4 heteroatoms. The molecule has 0 radical (unpaired) electrons. The molecule has 1 aromatic carbocycles. The number of amides is 1. The zero-order valence-electron chi connectivity index (χ0n) is 9.06. The normalized spacial score (nSPS) is 11.1. The van der Waals surface area contributed by atoms with Gasteiger partial charge in [0.2, 0.25) is 5.91 Å². The molecule has 1 amide bonds. The van der Waals surface area contributed by atoms with E-state index in [2.05, 4.69) is 11.9 Å². The van der Waals surface area contributed by atoms with E-state index in [-0.39, 0.29) is 18.3 Å². The van der Waals surface area contributed by atoms with Crippen molar-refractivity contribution in [2.45, 2.75) is 12.5 Å². The lowest BCUT2D eigenvalue weighted by atomic mass is 10.1. The van der Waals surface area contributed by atoms with Crippen molar-refractivity contribution >= 4 is 18.3 Å². The van der Waals surface area contributed by atoms with Crippen LogP contribution in [0.5, 0.6) is 0 Å². The molecule has 0 aromatic heterocycles. The third-order valence-corrected chi connectivity index (χ3v) is 2.06. The van der Waals surface area contributed by atoms with Crippen molar-refractivity contribution in [3.63, 3.8) is 0 Å². The van der Waals surface area contributed by atoms with Crippen LogP contribution in [-0.2, 0) is 11.2 Å². The fourth-order valence-electron chi connectivity index (χ4n) is 1.26. The minimum Gasteiger partial charge on any atom is -0.351 e. The smallest absolute Gasteiger partial charge is 0.237 e. The van der Waals surface area contributed by atoms with Gasteiger partial charge >= 0.3 is 0 Å². The zero-order valence-corrected chi connectivity index (χ0v) is 9.87. The van der Waals surface area contributed by atoms with Crippen LogP contribution in [0.2, 0.25) is 0 Å². The van der Waals surface area contributed by atoms with Gasteiger partial charge in [0, 0.05) is 6.54 Å². The molecule has 3 N–H and O–H groups in total. The molecular weight excluding hydrogens is 224 g/mol. The molecule has 0 heterocycles. The van der Waals surface area contributed by atoms with E-state index >= 15 is 0 Å². The highest BCUT2D eigenvalue weighted by Gasteiger charge is 2.12. The van der Waals surface area contributed by atoms with Gasteiger partial charge in [-0.3, -0.25) is 4.79 Å². The lowest BCUT2D eigenvalue weighted by Crippen LogP contribution is -2.42. The van der Waals surface area contributed by atoms with E-state index in [1.54, 1.807) is 6.08 Å². The first kappa shape index (κ1) is 14.7. The van der Waals surface area contributed by atoms with E-state index in [0.29, 0.717) is 13.0 Å². The van der Waals surface area contributed by atoms with Crippen molar-refractivity contribution in [2.75, 3.05) is 6.54 Å². The monoisotopic (exact) mass is 240 g/mol. The number of hydrogen-bond acceptors (Lipinski definition) is 2. The second-order valence-electron chi connectivity index (χ2n) is 3.33. The molecule has 3 nitrogen and oxygen atoms in total. The largest absolute Gasteiger partial charge is 0.351 e. The minimum absolute atomic E-state index is 0. The number of nitrogens with one attached hydrogen (secondary N) is 1. The number of carbonyl (C=O) groups is 1. The number of hydrogen-bond donors (Lipinski definition) is 2. The van der Waals surface area contributed by atoms with E-state index in [1.165, 1.54) is 0 Å². The molecule has 0 aliphatic heterocycles. The van der Waals surface area contributed by atoms with Gasteiger partial charge in [0.15, 0.2) is 0 Å². The zero-order chi connectivity index (χ0) is 11.1. The number of benzene rings is 1. The summed E-state index contributed by atoms with van der Waals surface area (Å²) in [5, 5.41) is 2.67. The standard InChI is InChI=1S/C12H16N2O.ClH/c1-2-8-14-12(15)11(13)9-10-6-4-3-5-7-10;/h2-7,11H,1,8-9,13H2,(H,14,15);1H/t11-;/m0./s1. The molecule has 0 saturated carbocycles. The quantitative estimate of drug-likeness (QED) is 0.762. The molecule has 0 aliphatic carbocycles. The van der Waals surface area contributed by atoms with E-state index in [1.807, 2.05) is 30.3 Å². The molecule has 0 aliphatic rings. The fourth-order valence-corrected chi connectivity index (χ4v) is 1.26. The van der Waals surface area contributed by atoms with Gasteiger partial charge in [-0.25, -0.2) is 0 Å². The molecule has 0 bridgehead atoms. The average Bonchev–Trinajstić information content (AvgIpc) is 2.27. The SMILES string of the molecule is C=CCNC(=O)[C@@H](N)Cc1ccccc1.Cl. The summed E-state index contributed by atoms with van der Waals surface area (Å²) in [6.45, 7) is 3.98. The summed E-state index contributed by atoms with van der Waals surface area (Å²) in [5.74, 6) is -0.140. The Morgan fingerprint density at radius 3 is 2.62 bits per heavy atom. The van der Waals surface area contributed by atoms with Crippen LogP contribution in [0.25, 0.3) is 0 Å². The number of carbonyl (C=O) groups excluding carboxylic acids is 1. The lowest BCUT2D eigenvalue weighted by Gasteiger charge is -2.10. The van der Waals surface area contributed by atoms with Crippen molar-refractivity contribution in [3.8, 4) is 0 Å². The predicted molar refractivity (Wildman–Crippen MR) is 68.6 cm³/mol. The van der Waals surface area contributed by atoms with E-state index < -0.39 is 6.04 Å². The van der Waals surface area contributed by atoms with E-state index in [9.17, 15) is 4.79 Å². The molecule has 0 fully saturated rings. The second-order valence-corrected chi connectivity index (χ2v) is 3.33. The van der Waals surface area contributed by atoms with Crippen molar-refractivity contribution in [1.82, 2.24) is 5.32 Å². The lowest BCUT2D eigenvalue weighted by molar-refractivity contribution is -0.122. The van der Waals surface area contributed by atoms with Crippen LogP contribution in [0.4, 0.5) is 0 Å². The van der Waals surface area contributed by atoms with Gasteiger partial charge in [-0.1, -0.05) is 36.4 Å². The first-order valence-corrected chi connectivity index (χ1v) is 4.92. The summed E-state index contributed by atoms with van der Waals surface area (Å²) in [4.78, 5) is 11.4. The Bertz CT molecular complexity index is 327. The average molecular weight is 241 g/mol. The molecule has 0 spiro atoms. The Balaban J connectivity index is 0.00000225. The van der Waals surface area contributed by atoms with E-state index in [4.69, 9.17) is 5.73 Å². The van der Waals surface area contributed by atoms with Gasteiger partial charge in [0.05, 0.1) is 6.04 Å². The van der Waals surface area contributed by atoms with Crippen LogP contribution >= 0.6 is 12.4 Å². The van der Waals surface area contributed by atoms with Crippen LogP contribution in [0.15, 0.2) is 43.0 Å². The number of nitrogens with two attached hydrogens (primary N) is 1. The summed E-state index contributed by atoms with van der Waals surface area (Å²) in [5.41, 5.74) is 6.81. The molecule has 1 atom stereocenters. The summed E-state index contributed by atoms with van der Waals surface area (Å²) in [7, 11) is 0. The number of rotatable bonds is 5. The molecule has 16 heavy (non-hydrogen) atoms. The summed E-state index contributed by atoms with van der Waals surface area (Å²) >= 11 is 0. The van der Waals surface area contributed by atoms with Crippen molar-refractivity contribution in [3.05, 3.63) is 48.6 Å². The second kappa shape index (κ2) is 7.91. The third-order valence-electron chi connectivity index (χ3n) is 2.06. The Hall–Kier alpha value is -1.32. The third kappa shape index (κ3) is 4.96. The van der Waals surface area contributed by atoms with Gasteiger partial charge in [-0.2, -0.15) is 0 Å². The molecular formula is C12H17ClN2O. The Morgan fingerprint density at radius 1 is 1.44 bits per heavy atom. The maximum Gasteiger partial charge on any atom is 0.237 e. The van der Waals surface area contributed by atoms with Gasteiger partial charge in [-0.15, -0.1) is 19.0 Å². The van der Waals surface area contributed by atoms with E-state index in [0.717, 1.165) is 5.56 Å². The molecule has 0 unspecified atom stereocenters. The fraction of sp³-hybridized carbons (Fsp3) is 0.250. The van der Waals surface area contributed by atoms with Gasteiger partial charge in [-0.05, 0) is 12.0 Å². The van der Waals surface area contributed by atoms with Gasteiger partial charge < -0.3 is 11.1 Å². The number of halogens is 1. The Labute approximate surface area is 102 Å². The summed E-state index contributed by atoms with van der Waals surface area (Å²) < 4.78 is 0. The summed E-state index contributed by atoms with van der Waals surface area (Å²) in [6, 6.07) is 9.23. The maximum absolute atomic E-state index is 11.4. The van der Waals surface area contributed by atoms with Crippen LogP contribution < -0.4 is 11.1 Å². The highest BCUT2D eigenvalue weighted by atomic mass is 35.5. The molecule has 0 saturated heterocycles. The van der Waals surface area contributed by atoms with Crippen molar-refractivity contribution in [2.24, 2.45) is 5.73 Å². The van der Waals surface area contributed by atoms with Gasteiger partial charge in [0.25, 0.3) is 0 Å². The van der Waals surface area contributed by atoms with Crippen molar-refractivity contribution < 1.29 is 4.79 Å². The summed E-state index contributed by atoms with van der Waals surface area (Å²) in [6.07, 6.45) is 2.19. The molecule has 88 valence electrons. The molecule has 1 rings (SSSR count). The van der Waals surface area contributed by atoms with Gasteiger partial charge in [0.1, 0.15) is 0 Å². The van der Waals surface area contributed by atoms with Crippen LogP contribution in [0.1, 0.15) is 5.56 Å². The first-order chi connectivity index (χ1) is 7.24. The Kier molecular flexibility index (Phi) is 7.25. The van der Waals surface area contributed by atoms with Crippen LogP contribution in [0.3, 0.4) is 0 Å². The minimum atomic E-state index is -0.493. The molecule has 1 aromatic rings. The highest BCUT2D eigenvalue weighted by Crippen LogP contribution is 2.01. The topological polar surface area (TPSA) is 55.1 Å². The van der Waals surface area contributed by atoms with Crippen molar-refractivity contribution in [1.29, 1.82) is 0 Å². The highest BCUT2D eigenvalue weighted by molar-refractivity contribution is 5.85. The van der Waals surface area contributed by atoms with Crippen LogP contribution in [0, 0.1) is 0 Å². The first-order valence-electron chi connectivity index (χ1n) is 4.92. The van der Waals surface area contributed by atoms with Crippen LogP contribution in [-0.4, -0.2) is 18.5 Å². The Morgan fingerprint density at radius 2 is 2.06 bits per heavy atom. The maximum atomic E-state index is 11.4.